The standard InChI is InChI=1S/C14H13NO3/c1-9(13(15)16)18-14(17)12-8-4-6-10-5-2-3-7-11(10)12/h2-9H,1H3,(H2,15,16). The van der Waals surface area contributed by atoms with Gasteiger partial charge in [-0.05, 0) is 23.8 Å². The molecule has 0 heterocycles. The Morgan fingerprint density at radius 2 is 1.78 bits per heavy atom. The molecule has 2 aromatic carbocycles. The Balaban J connectivity index is 2.36. The van der Waals surface area contributed by atoms with Gasteiger partial charge in [0.25, 0.3) is 5.91 Å². The second-order valence-corrected chi connectivity index (χ2v) is 3.98. The lowest BCUT2D eigenvalue weighted by atomic mass is 10.0. The molecule has 1 unspecified atom stereocenters. The molecule has 92 valence electrons. The molecule has 4 heteroatoms. The van der Waals surface area contributed by atoms with E-state index < -0.39 is 18.0 Å². The summed E-state index contributed by atoms with van der Waals surface area (Å²) in [5.41, 5.74) is 5.49. The van der Waals surface area contributed by atoms with E-state index in [0.717, 1.165) is 10.8 Å². The maximum Gasteiger partial charge on any atom is 0.339 e. The number of ether oxygens (including phenoxy) is 1. The van der Waals surface area contributed by atoms with Crippen LogP contribution >= 0.6 is 0 Å². The molecule has 18 heavy (non-hydrogen) atoms. The highest BCUT2D eigenvalue weighted by molar-refractivity contribution is 6.05. The molecule has 1 amide bonds. The summed E-state index contributed by atoms with van der Waals surface area (Å²) in [7, 11) is 0. The van der Waals surface area contributed by atoms with Gasteiger partial charge < -0.3 is 10.5 Å². The van der Waals surface area contributed by atoms with Gasteiger partial charge in [-0.25, -0.2) is 4.79 Å². The fourth-order valence-electron chi connectivity index (χ4n) is 1.69. The number of hydrogen-bond acceptors (Lipinski definition) is 3. The number of fused-ring (bicyclic) bond motifs is 1. The topological polar surface area (TPSA) is 69.4 Å². The molecule has 2 rings (SSSR count). The van der Waals surface area contributed by atoms with E-state index in [-0.39, 0.29) is 0 Å². The van der Waals surface area contributed by atoms with E-state index in [4.69, 9.17) is 10.5 Å². The van der Waals surface area contributed by atoms with Crippen LogP contribution in [-0.4, -0.2) is 18.0 Å². The third-order valence-corrected chi connectivity index (χ3v) is 2.69. The SMILES string of the molecule is CC(OC(=O)c1cccc2ccccc12)C(N)=O. The zero-order valence-corrected chi connectivity index (χ0v) is 9.92. The Bertz CT molecular complexity index is 602. The monoisotopic (exact) mass is 243 g/mol. The average Bonchev–Trinajstić information content (AvgIpc) is 2.37. The van der Waals surface area contributed by atoms with Crippen molar-refractivity contribution in [1.29, 1.82) is 0 Å². The normalized spacial score (nSPS) is 12.1. The van der Waals surface area contributed by atoms with Crippen molar-refractivity contribution in [2.75, 3.05) is 0 Å². The average molecular weight is 243 g/mol. The van der Waals surface area contributed by atoms with Gasteiger partial charge in [0.05, 0.1) is 5.56 Å². The Hall–Kier alpha value is -2.36. The summed E-state index contributed by atoms with van der Waals surface area (Å²) in [6, 6.07) is 12.8. The second-order valence-electron chi connectivity index (χ2n) is 3.98. The van der Waals surface area contributed by atoms with Crippen LogP contribution in [0.1, 0.15) is 17.3 Å². The molecule has 0 saturated carbocycles. The molecule has 0 spiro atoms. The fraction of sp³-hybridized carbons (Fsp3) is 0.143. The molecule has 1 atom stereocenters. The number of nitrogens with two attached hydrogens (primary N) is 1. The van der Waals surface area contributed by atoms with Crippen molar-refractivity contribution in [1.82, 2.24) is 0 Å². The largest absolute Gasteiger partial charge is 0.449 e. The summed E-state index contributed by atoms with van der Waals surface area (Å²) < 4.78 is 4.99. The molecule has 2 aromatic rings. The Labute approximate surface area is 104 Å². The maximum absolute atomic E-state index is 11.9. The highest BCUT2D eigenvalue weighted by atomic mass is 16.5. The van der Waals surface area contributed by atoms with Crippen LogP contribution < -0.4 is 5.73 Å². The zero-order valence-electron chi connectivity index (χ0n) is 9.92. The molecule has 0 saturated heterocycles. The van der Waals surface area contributed by atoms with Crippen LogP contribution in [-0.2, 0) is 9.53 Å². The van der Waals surface area contributed by atoms with Crippen molar-refractivity contribution in [3.8, 4) is 0 Å². The molecule has 0 bridgehead atoms. The summed E-state index contributed by atoms with van der Waals surface area (Å²) in [5, 5.41) is 1.74. The van der Waals surface area contributed by atoms with E-state index in [9.17, 15) is 9.59 Å². The van der Waals surface area contributed by atoms with E-state index in [1.165, 1.54) is 6.92 Å². The van der Waals surface area contributed by atoms with Gasteiger partial charge in [0, 0.05) is 0 Å². The predicted octanol–water partition coefficient (Wildman–Crippen LogP) is 1.87. The number of rotatable bonds is 3. The van der Waals surface area contributed by atoms with Crippen molar-refractivity contribution in [2.45, 2.75) is 13.0 Å². The van der Waals surface area contributed by atoms with Gasteiger partial charge in [0.15, 0.2) is 6.10 Å². The minimum absolute atomic E-state index is 0.432. The van der Waals surface area contributed by atoms with Gasteiger partial charge in [-0.2, -0.15) is 0 Å². The quantitative estimate of drug-likeness (QED) is 0.836. The first-order valence-corrected chi connectivity index (χ1v) is 5.57. The van der Waals surface area contributed by atoms with Gasteiger partial charge in [0.1, 0.15) is 0 Å². The molecule has 0 radical (unpaired) electrons. The van der Waals surface area contributed by atoms with Gasteiger partial charge in [-0.1, -0.05) is 36.4 Å². The molecular formula is C14H13NO3. The Kier molecular flexibility index (Phi) is 3.28. The third kappa shape index (κ3) is 2.32. The summed E-state index contributed by atoms with van der Waals surface area (Å²) in [6.45, 7) is 1.45. The first kappa shape index (κ1) is 12.1. The summed E-state index contributed by atoms with van der Waals surface area (Å²) in [6.07, 6.45) is -0.934. The number of carbonyl (C=O) groups excluding carboxylic acids is 2. The van der Waals surface area contributed by atoms with Crippen molar-refractivity contribution in [3.63, 3.8) is 0 Å². The van der Waals surface area contributed by atoms with Crippen LogP contribution in [0.4, 0.5) is 0 Å². The molecule has 0 aromatic heterocycles. The van der Waals surface area contributed by atoms with Gasteiger partial charge in [-0.3, -0.25) is 4.79 Å². The Morgan fingerprint density at radius 1 is 1.11 bits per heavy atom. The Morgan fingerprint density at radius 3 is 2.50 bits per heavy atom. The maximum atomic E-state index is 11.9. The first-order valence-electron chi connectivity index (χ1n) is 5.57. The molecule has 0 aliphatic heterocycles. The van der Waals surface area contributed by atoms with E-state index in [2.05, 4.69) is 0 Å². The van der Waals surface area contributed by atoms with Crippen molar-refractivity contribution >= 4 is 22.6 Å². The molecule has 2 N–H and O–H groups in total. The molecule has 0 fully saturated rings. The fourth-order valence-corrected chi connectivity index (χ4v) is 1.69. The molecule has 0 aliphatic rings. The number of benzene rings is 2. The lowest BCUT2D eigenvalue weighted by Crippen LogP contribution is -2.30. The van der Waals surface area contributed by atoms with Crippen molar-refractivity contribution < 1.29 is 14.3 Å². The van der Waals surface area contributed by atoms with E-state index in [1.807, 2.05) is 30.3 Å². The van der Waals surface area contributed by atoms with Crippen LogP contribution in [0.15, 0.2) is 42.5 Å². The number of primary amides is 1. The highest BCUT2D eigenvalue weighted by Crippen LogP contribution is 2.19. The lowest BCUT2D eigenvalue weighted by Gasteiger charge is -2.11. The number of amides is 1. The predicted molar refractivity (Wildman–Crippen MR) is 68.0 cm³/mol. The summed E-state index contributed by atoms with van der Waals surface area (Å²) >= 11 is 0. The molecule has 4 nitrogen and oxygen atoms in total. The summed E-state index contributed by atoms with van der Waals surface area (Å²) in [4.78, 5) is 22.8. The highest BCUT2D eigenvalue weighted by Gasteiger charge is 2.17. The van der Waals surface area contributed by atoms with Crippen LogP contribution in [0.2, 0.25) is 0 Å². The van der Waals surface area contributed by atoms with Crippen LogP contribution in [0.25, 0.3) is 10.8 Å². The first-order chi connectivity index (χ1) is 8.59. The minimum atomic E-state index is -0.934. The van der Waals surface area contributed by atoms with Gasteiger partial charge in [-0.15, -0.1) is 0 Å². The molecular weight excluding hydrogens is 230 g/mol. The number of hydrogen-bond donors (Lipinski definition) is 1. The van der Waals surface area contributed by atoms with Gasteiger partial charge >= 0.3 is 5.97 Å². The lowest BCUT2D eigenvalue weighted by molar-refractivity contribution is -0.125. The van der Waals surface area contributed by atoms with Crippen molar-refractivity contribution in [3.05, 3.63) is 48.0 Å². The van der Waals surface area contributed by atoms with Crippen LogP contribution in [0.3, 0.4) is 0 Å². The second kappa shape index (κ2) is 4.87. The smallest absolute Gasteiger partial charge is 0.339 e. The third-order valence-electron chi connectivity index (χ3n) is 2.69. The number of carbonyl (C=O) groups is 2. The summed E-state index contributed by atoms with van der Waals surface area (Å²) in [5.74, 6) is -1.21. The van der Waals surface area contributed by atoms with Crippen LogP contribution in [0, 0.1) is 0 Å². The van der Waals surface area contributed by atoms with E-state index in [0.29, 0.717) is 5.56 Å². The number of esters is 1. The minimum Gasteiger partial charge on any atom is -0.449 e. The molecule has 0 aliphatic carbocycles. The van der Waals surface area contributed by atoms with E-state index >= 15 is 0 Å². The van der Waals surface area contributed by atoms with E-state index in [1.54, 1.807) is 12.1 Å². The zero-order chi connectivity index (χ0) is 13.1. The van der Waals surface area contributed by atoms with Crippen LogP contribution in [0.5, 0.6) is 0 Å². The van der Waals surface area contributed by atoms with Gasteiger partial charge in [0.2, 0.25) is 0 Å². The van der Waals surface area contributed by atoms with Crippen molar-refractivity contribution in [2.24, 2.45) is 5.73 Å².